The zero-order valence-corrected chi connectivity index (χ0v) is 15.3. The Morgan fingerprint density at radius 2 is 2.00 bits per heavy atom. The molecule has 1 amide bonds. The van der Waals surface area contributed by atoms with E-state index in [9.17, 15) is 9.59 Å². The Labute approximate surface area is 155 Å². The molecule has 0 aliphatic carbocycles. The fraction of sp³-hybridized carbons (Fsp3) is 0.250. The molecule has 2 heterocycles. The minimum atomic E-state index is -0.584. The molecule has 0 fully saturated rings. The predicted octanol–water partition coefficient (Wildman–Crippen LogP) is 3.16. The molecule has 26 heavy (non-hydrogen) atoms. The van der Waals surface area contributed by atoms with Crippen molar-refractivity contribution in [2.75, 3.05) is 6.54 Å². The molecule has 0 aliphatic heterocycles. The molecule has 3 aromatic rings. The van der Waals surface area contributed by atoms with Gasteiger partial charge in [-0.2, -0.15) is 0 Å². The van der Waals surface area contributed by atoms with Crippen molar-refractivity contribution in [1.82, 2.24) is 10.3 Å². The number of rotatable bonds is 7. The summed E-state index contributed by atoms with van der Waals surface area (Å²) in [5.74, 6) is 0.191. The number of nitrogens with one attached hydrogen (secondary N) is 1. The maximum absolute atomic E-state index is 12.3. The summed E-state index contributed by atoms with van der Waals surface area (Å²) in [6.45, 7) is 2.19. The molecule has 0 bridgehead atoms. The van der Waals surface area contributed by atoms with Crippen LogP contribution in [0, 0.1) is 6.92 Å². The van der Waals surface area contributed by atoms with E-state index in [0.717, 1.165) is 12.1 Å². The minimum Gasteiger partial charge on any atom is -0.427 e. The predicted molar refractivity (Wildman–Crippen MR) is 102 cm³/mol. The van der Waals surface area contributed by atoms with Crippen LogP contribution in [0.2, 0.25) is 0 Å². The Morgan fingerprint density at radius 3 is 2.69 bits per heavy atom. The first-order valence-electron chi connectivity index (χ1n) is 8.46. The van der Waals surface area contributed by atoms with Crippen LogP contribution in [-0.2, 0) is 19.3 Å². The van der Waals surface area contributed by atoms with Crippen LogP contribution in [-0.4, -0.2) is 17.4 Å². The highest BCUT2D eigenvalue weighted by atomic mass is 32.1. The van der Waals surface area contributed by atoms with Crippen molar-refractivity contribution >= 4 is 17.2 Å². The van der Waals surface area contributed by atoms with Crippen molar-refractivity contribution in [2.24, 2.45) is 0 Å². The molecular formula is C20H20N2O3S. The molecule has 1 aromatic carbocycles. The number of thiazole rings is 1. The van der Waals surface area contributed by atoms with Crippen molar-refractivity contribution in [1.29, 1.82) is 0 Å². The van der Waals surface area contributed by atoms with Gasteiger partial charge in [0.1, 0.15) is 11.3 Å². The number of amides is 1. The van der Waals surface area contributed by atoms with Crippen molar-refractivity contribution < 1.29 is 9.21 Å². The van der Waals surface area contributed by atoms with Crippen LogP contribution in [0.5, 0.6) is 0 Å². The van der Waals surface area contributed by atoms with Gasteiger partial charge in [0.05, 0.1) is 11.2 Å². The van der Waals surface area contributed by atoms with Crippen molar-refractivity contribution in [3.05, 3.63) is 85.9 Å². The summed E-state index contributed by atoms with van der Waals surface area (Å²) in [6.07, 6.45) is 2.03. The first-order chi connectivity index (χ1) is 12.6. The van der Waals surface area contributed by atoms with Gasteiger partial charge in [0.2, 0.25) is 0 Å². The molecule has 0 unspecified atom stereocenters. The van der Waals surface area contributed by atoms with Gasteiger partial charge in [-0.3, -0.25) is 4.79 Å². The topological polar surface area (TPSA) is 72.2 Å². The maximum atomic E-state index is 12.3. The van der Waals surface area contributed by atoms with E-state index in [1.54, 1.807) is 18.5 Å². The van der Waals surface area contributed by atoms with Gasteiger partial charge < -0.3 is 9.73 Å². The summed E-state index contributed by atoms with van der Waals surface area (Å²) >= 11 is 1.52. The quantitative estimate of drug-likeness (QED) is 0.695. The molecule has 6 heteroatoms. The van der Waals surface area contributed by atoms with Gasteiger partial charge in [-0.05, 0) is 30.5 Å². The van der Waals surface area contributed by atoms with Crippen molar-refractivity contribution in [3.8, 4) is 0 Å². The maximum Gasteiger partial charge on any atom is 0.349 e. The minimum absolute atomic E-state index is 0.0757. The Bertz CT molecular complexity index is 918. The lowest BCUT2D eigenvalue weighted by Gasteiger charge is -2.08. The van der Waals surface area contributed by atoms with Gasteiger partial charge in [-0.1, -0.05) is 30.3 Å². The van der Waals surface area contributed by atoms with E-state index in [0.29, 0.717) is 30.7 Å². The standard InChI is InChI=1S/C20H20N2O3S/c1-14-11-17(8-7-15-5-3-2-4-6-15)25-20(24)18(14)19(23)21-10-9-16-12-26-13-22-16/h2-6,11-13H,7-10H2,1H3,(H,21,23). The van der Waals surface area contributed by atoms with E-state index in [2.05, 4.69) is 10.3 Å². The average Bonchev–Trinajstić information content (AvgIpc) is 3.14. The smallest absolute Gasteiger partial charge is 0.349 e. The molecule has 0 aliphatic rings. The summed E-state index contributed by atoms with van der Waals surface area (Å²) < 4.78 is 5.36. The van der Waals surface area contributed by atoms with Gasteiger partial charge in [0, 0.05) is 24.8 Å². The second-order valence-electron chi connectivity index (χ2n) is 6.03. The van der Waals surface area contributed by atoms with Crippen LogP contribution in [0.4, 0.5) is 0 Å². The molecule has 0 saturated carbocycles. The Balaban J connectivity index is 1.62. The average molecular weight is 368 g/mol. The molecular weight excluding hydrogens is 348 g/mol. The molecule has 134 valence electrons. The monoisotopic (exact) mass is 368 g/mol. The summed E-state index contributed by atoms with van der Waals surface area (Å²) in [7, 11) is 0. The molecule has 1 N–H and O–H groups in total. The van der Waals surface area contributed by atoms with Crippen LogP contribution in [0.1, 0.15) is 32.9 Å². The SMILES string of the molecule is Cc1cc(CCc2ccccc2)oc(=O)c1C(=O)NCCc1cscn1. The van der Waals surface area contributed by atoms with E-state index < -0.39 is 11.5 Å². The lowest BCUT2D eigenvalue weighted by atomic mass is 10.1. The number of aryl methyl sites for hydroxylation is 3. The number of aromatic nitrogens is 1. The third kappa shape index (κ3) is 4.67. The number of hydrogen-bond acceptors (Lipinski definition) is 5. The molecule has 0 saturated heterocycles. The van der Waals surface area contributed by atoms with Gasteiger partial charge in [0.15, 0.2) is 0 Å². The molecule has 0 atom stereocenters. The van der Waals surface area contributed by atoms with Gasteiger partial charge in [0.25, 0.3) is 5.91 Å². The van der Waals surface area contributed by atoms with Crippen molar-refractivity contribution in [3.63, 3.8) is 0 Å². The molecule has 5 nitrogen and oxygen atoms in total. The highest BCUT2D eigenvalue weighted by molar-refractivity contribution is 7.07. The zero-order valence-electron chi connectivity index (χ0n) is 14.5. The number of nitrogens with zero attached hydrogens (tertiary/aromatic N) is 1. The fourth-order valence-electron chi connectivity index (χ4n) is 2.73. The van der Waals surface area contributed by atoms with Crippen LogP contribution in [0.15, 0.2) is 56.5 Å². The third-order valence-corrected chi connectivity index (χ3v) is 4.72. The zero-order chi connectivity index (χ0) is 18.4. The molecule has 2 aromatic heterocycles. The number of hydrogen-bond donors (Lipinski definition) is 1. The molecule has 0 spiro atoms. The Hall–Kier alpha value is -2.73. The number of carbonyl (C=O) groups is 1. The first kappa shape index (κ1) is 18.1. The van der Waals surface area contributed by atoms with Gasteiger partial charge in [-0.15, -0.1) is 11.3 Å². The molecule has 3 rings (SSSR count). The van der Waals surface area contributed by atoms with Gasteiger partial charge in [-0.25, -0.2) is 9.78 Å². The summed E-state index contributed by atoms with van der Waals surface area (Å²) in [5.41, 5.74) is 3.98. The lowest BCUT2D eigenvalue weighted by molar-refractivity contribution is 0.0949. The van der Waals surface area contributed by atoms with Crippen molar-refractivity contribution in [2.45, 2.75) is 26.2 Å². The fourth-order valence-corrected chi connectivity index (χ4v) is 3.33. The van der Waals surface area contributed by atoms with Gasteiger partial charge >= 0.3 is 5.63 Å². The normalized spacial score (nSPS) is 10.7. The van der Waals surface area contributed by atoms with Crippen LogP contribution < -0.4 is 10.9 Å². The summed E-state index contributed by atoms with van der Waals surface area (Å²) in [4.78, 5) is 28.7. The number of benzene rings is 1. The van der Waals surface area contributed by atoms with Crippen LogP contribution >= 0.6 is 11.3 Å². The Kier molecular flexibility index (Phi) is 5.96. The van der Waals surface area contributed by atoms with E-state index in [1.165, 1.54) is 16.9 Å². The third-order valence-electron chi connectivity index (χ3n) is 4.08. The van der Waals surface area contributed by atoms with Crippen LogP contribution in [0.25, 0.3) is 0 Å². The highest BCUT2D eigenvalue weighted by Crippen LogP contribution is 2.10. The largest absolute Gasteiger partial charge is 0.427 e. The molecule has 0 radical (unpaired) electrons. The Morgan fingerprint density at radius 1 is 1.19 bits per heavy atom. The lowest BCUT2D eigenvalue weighted by Crippen LogP contribution is -2.31. The van der Waals surface area contributed by atoms with E-state index in [-0.39, 0.29) is 5.56 Å². The first-order valence-corrected chi connectivity index (χ1v) is 9.40. The summed E-state index contributed by atoms with van der Waals surface area (Å²) in [6, 6.07) is 11.8. The number of carbonyl (C=O) groups excluding carboxylic acids is 1. The van der Waals surface area contributed by atoms with E-state index in [4.69, 9.17) is 4.42 Å². The summed E-state index contributed by atoms with van der Waals surface area (Å²) in [5, 5.41) is 4.70. The van der Waals surface area contributed by atoms with E-state index in [1.807, 2.05) is 35.7 Å². The highest BCUT2D eigenvalue weighted by Gasteiger charge is 2.16. The van der Waals surface area contributed by atoms with Crippen LogP contribution in [0.3, 0.4) is 0 Å². The van der Waals surface area contributed by atoms with E-state index >= 15 is 0 Å². The second kappa shape index (κ2) is 8.58. The second-order valence-corrected chi connectivity index (χ2v) is 6.75.